The van der Waals surface area contributed by atoms with Gasteiger partial charge >= 0.3 is 6.18 Å². The predicted octanol–water partition coefficient (Wildman–Crippen LogP) is 5.07. The molecule has 6 nitrogen and oxygen atoms in total. The standard InChI is InChI=1S/C29H24F3N3O3/c30-29(31,32)23-8-3-20(4-9-23)16-24(36)15-19-1-5-21(6-2-19)28(37)22-7-10-25-26(17-22)34-27(18-33-25)35-11-13-38-14-12-35/h1-10,17-18H,11-16H2. The monoisotopic (exact) mass is 519 g/mol. The third kappa shape index (κ3) is 5.89. The maximum atomic E-state index is 13.1. The summed E-state index contributed by atoms with van der Waals surface area (Å²) in [5.74, 6) is 0.442. The van der Waals surface area contributed by atoms with E-state index in [0.29, 0.717) is 40.9 Å². The zero-order valence-corrected chi connectivity index (χ0v) is 20.4. The predicted molar refractivity (Wildman–Crippen MR) is 136 cm³/mol. The minimum Gasteiger partial charge on any atom is -0.378 e. The number of carbonyl (C=O) groups is 2. The number of ketones is 2. The molecule has 0 N–H and O–H groups in total. The molecule has 0 amide bonds. The van der Waals surface area contributed by atoms with Gasteiger partial charge in [0.15, 0.2) is 5.78 Å². The third-order valence-electron chi connectivity index (χ3n) is 6.43. The van der Waals surface area contributed by atoms with Gasteiger partial charge in [-0.3, -0.25) is 14.6 Å². The molecule has 4 aromatic rings. The molecule has 0 spiro atoms. The minimum atomic E-state index is -4.41. The Morgan fingerprint density at radius 3 is 2.05 bits per heavy atom. The number of Topliss-reactive ketones (excluding diaryl/α,β-unsaturated/α-hetero) is 1. The van der Waals surface area contributed by atoms with Gasteiger partial charge in [-0.05, 0) is 41.5 Å². The normalized spacial score (nSPS) is 14.0. The molecule has 2 heterocycles. The number of aromatic nitrogens is 2. The number of rotatable bonds is 7. The summed E-state index contributed by atoms with van der Waals surface area (Å²) in [6.07, 6.45) is -2.53. The maximum absolute atomic E-state index is 13.1. The van der Waals surface area contributed by atoms with Crippen molar-refractivity contribution in [2.24, 2.45) is 0 Å². The number of hydrogen-bond donors (Lipinski definition) is 0. The van der Waals surface area contributed by atoms with Crippen molar-refractivity contribution in [3.8, 4) is 0 Å². The molecule has 0 aliphatic carbocycles. The lowest BCUT2D eigenvalue weighted by Crippen LogP contribution is -2.36. The Hall–Kier alpha value is -4.11. The van der Waals surface area contributed by atoms with Crippen molar-refractivity contribution in [3.05, 3.63) is 101 Å². The van der Waals surface area contributed by atoms with Crippen molar-refractivity contribution in [1.29, 1.82) is 0 Å². The molecule has 38 heavy (non-hydrogen) atoms. The van der Waals surface area contributed by atoms with Gasteiger partial charge in [-0.25, -0.2) is 4.98 Å². The van der Waals surface area contributed by atoms with Gasteiger partial charge in [-0.2, -0.15) is 13.2 Å². The van der Waals surface area contributed by atoms with Crippen LogP contribution in [0.4, 0.5) is 19.0 Å². The average Bonchev–Trinajstić information content (AvgIpc) is 2.92. The topological polar surface area (TPSA) is 72.4 Å². The molecule has 0 radical (unpaired) electrons. The van der Waals surface area contributed by atoms with E-state index in [0.717, 1.165) is 36.6 Å². The highest BCUT2D eigenvalue weighted by Gasteiger charge is 2.30. The Kier molecular flexibility index (Phi) is 7.20. The number of anilines is 1. The van der Waals surface area contributed by atoms with Crippen LogP contribution in [0, 0.1) is 0 Å². The lowest BCUT2D eigenvalue weighted by Gasteiger charge is -2.27. The van der Waals surface area contributed by atoms with Crippen LogP contribution < -0.4 is 4.90 Å². The van der Waals surface area contributed by atoms with Crippen LogP contribution in [0.2, 0.25) is 0 Å². The van der Waals surface area contributed by atoms with Crippen LogP contribution in [-0.2, 0) is 28.5 Å². The van der Waals surface area contributed by atoms with Crippen molar-refractivity contribution in [2.75, 3.05) is 31.2 Å². The zero-order valence-electron chi connectivity index (χ0n) is 20.4. The molecule has 1 saturated heterocycles. The van der Waals surface area contributed by atoms with Crippen LogP contribution in [0.5, 0.6) is 0 Å². The van der Waals surface area contributed by atoms with E-state index in [-0.39, 0.29) is 24.4 Å². The molecule has 0 saturated carbocycles. The summed E-state index contributed by atoms with van der Waals surface area (Å²) >= 11 is 0. The lowest BCUT2D eigenvalue weighted by atomic mass is 9.98. The Bertz CT molecular complexity index is 1460. The van der Waals surface area contributed by atoms with Crippen molar-refractivity contribution in [2.45, 2.75) is 19.0 Å². The summed E-state index contributed by atoms with van der Waals surface area (Å²) in [5.41, 5.74) is 2.78. The fraction of sp³-hybridized carbons (Fsp3) is 0.241. The maximum Gasteiger partial charge on any atom is 0.416 e. The Morgan fingerprint density at radius 2 is 1.42 bits per heavy atom. The number of carbonyl (C=O) groups excluding carboxylic acids is 2. The van der Waals surface area contributed by atoms with Crippen molar-refractivity contribution in [1.82, 2.24) is 9.97 Å². The Labute approximate surface area is 217 Å². The summed E-state index contributed by atoms with van der Waals surface area (Å²) in [6.45, 7) is 2.74. The van der Waals surface area contributed by atoms with Crippen LogP contribution in [-0.4, -0.2) is 47.8 Å². The van der Waals surface area contributed by atoms with Crippen LogP contribution in [0.15, 0.2) is 72.9 Å². The zero-order chi connectivity index (χ0) is 26.7. The molecule has 1 aromatic heterocycles. The molecule has 5 rings (SSSR count). The van der Waals surface area contributed by atoms with Crippen molar-refractivity contribution in [3.63, 3.8) is 0 Å². The molecule has 0 unspecified atom stereocenters. The molecule has 0 bridgehead atoms. The second-order valence-electron chi connectivity index (χ2n) is 9.14. The Morgan fingerprint density at radius 1 is 0.816 bits per heavy atom. The molecular weight excluding hydrogens is 495 g/mol. The smallest absolute Gasteiger partial charge is 0.378 e. The summed E-state index contributed by atoms with van der Waals surface area (Å²) in [5, 5.41) is 0. The highest BCUT2D eigenvalue weighted by Crippen LogP contribution is 2.29. The average molecular weight is 520 g/mol. The quantitative estimate of drug-likeness (QED) is 0.318. The SMILES string of the molecule is O=C(Cc1ccc(C(=O)c2ccc3ncc(N4CCOCC4)nc3c2)cc1)Cc1ccc(C(F)(F)F)cc1. The highest BCUT2D eigenvalue weighted by atomic mass is 19.4. The lowest BCUT2D eigenvalue weighted by molar-refractivity contribution is -0.137. The van der Waals surface area contributed by atoms with Crippen molar-refractivity contribution >= 4 is 28.4 Å². The first-order chi connectivity index (χ1) is 18.3. The summed E-state index contributed by atoms with van der Waals surface area (Å²) in [4.78, 5) is 36.9. The highest BCUT2D eigenvalue weighted by molar-refractivity contribution is 6.10. The fourth-order valence-corrected chi connectivity index (χ4v) is 4.36. The summed E-state index contributed by atoms with van der Waals surface area (Å²) in [7, 11) is 0. The first-order valence-corrected chi connectivity index (χ1v) is 12.2. The fourth-order valence-electron chi connectivity index (χ4n) is 4.36. The minimum absolute atomic E-state index is 0.0311. The van der Waals surface area contributed by atoms with Crippen LogP contribution in [0.3, 0.4) is 0 Å². The van der Waals surface area contributed by atoms with E-state index >= 15 is 0 Å². The number of fused-ring (bicyclic) bond motifs is 1. The molecule has 1 fully saturated rings. The molecule has 194 valence electrons. The second-order valence-corrected chi connectivity index (χ2v) is 9.14. The van der Waals surface area contributed by atoms with E-state index < -0.39 is 11.7 Å². The number of hydrogen-bond acceptors (Lipinski definition) is 6. The van der Waals surface area contributed by atoms with E-state index in [1.54, 1.807) is 48.7 Å². The van der Waals surface area contributed by atoms with Gasteiger partial charge in [0.2, 0.25) is 0 Å². The van der Waals surface area contributed by atoms with Gasteiger partial charge in [-0.15, -0.1) is 0 Å². The van der Waals surface area contributed by atoms with Gasteiger partial charge in [-0.1, -0.05) is 36.4 Å². The largest absolute Gasteiger partial charge is 0.416 e. The molecule has 1 aliphatic heterocycles. The van der Waals surface area contributed by atoms with Crippen LogP contribution >= 0.6 is 0 Å². The van der Waals surface area contributed by atoms with E-state index in [1.807, 2.05) is 0 Å². The number of ether oxygens (including phenoxy) is 1. The van der Waals surface area contributed by atoms with E-state index in [4.69, 9.17) is 9.72 Å². The summed E-state index contributed by atoms with van der Waals surface area (Å²) < 4.78 is 43.6. The van der Waals surface area contributed by atoms with Gasteiger partial charge in [0.05, 0.1) is 36.0 Å². The number of alkyl halides is 3. The Balaban J connectivity index is 1.24. The van der Waals surface area contributed by atoms with Gasteiger partial charge in [0, 0.05) is 37.1 Å². The van der Waals surface area contributed by atoms with Crippen LogP contribution in [0.1, 0.15) is 32.6 Å². The van der Waals surface area contributed by atoms with Gasteiger partial charge in [0.1, 0.15) is 11.6 Å². The third-order valence-corrected chi connectivity index (χ3v) is 6.43. The number of benzene rings is 3. The van der Waals surface area contributed by atoms with E-state index in [1.165, 1.54) is 12.1 Å². The first-order valence-electron chi connectivity index (χ1n) is 12.2. The van der Waals surface area contributed by atoms with E-state index in [9.17, 15) is 22.8 Å². The van der Waals surface area contributed by atoms with E-state index in [2.05, 4.69) is 9.88 Å². The molecular formula is C29H24F3N3O3. The van der Waals surface area contributed by atoms with Crippen LogP contribution in [0.25, 0.3) is 11.0 Å². The molecule has 9 heteroatoms. The number of halogens is 3. The number of nitrogens with zero attached hydrogens (tertiary/aromatic N) is 3. The molecule has 1 aliphatic rings. The van der Waals surface area contributed by atoms with Gasteiger partial charge in [0.25, 0.3) is 0 Å². The van der Waals surface area contributed by atoms with Gasteiger partial charge < -0.3 is 9.64 Å². The second kappa shape index (κ2) is 10.7. The molecule has 3 aromatic carbocycles. The molecule has 0 atom stereocenters. The first kappa shape index (κ1) is 25.5. The number of morpholine rings is 1. The summed E-state index contributed by atoms with van der Waals surface area (Å²) in [6, 6.07) is 16.6. The van der Waals surface area contributed by atoms with Crippen molar-refractivity contribution < 1.29 is 27.5 Å².